The van der Waals surface area contributed by atoms with Crippen LogP contribution in [-0.4, -0.2) is 49.2 Å². The monoisotopic (exact) mass is 420 g/mol. The van der Waals surface area contributed by atoms with Crippen molar-refractivity contribution in [1.82, 2.24) is 0 Å². The fourth-order valence-corrected chi connectivity index (χ4v) is 2.67. The molecule has 26 heavy (non-hydrogen) atoms. The van der Waals surface area contributed by atoms with Gasteiger partial charge in [-0.1, -0.05) is 25.7 Å². The van der Waals surface area contributed by atoms with Gasteiger partial charge in [-0.3, -0.25) is 0 Å². The van der Waals surface area contributed by atoms with Gasteiger partial charge in [0.05, 0.1) is 13.2 Å². The third-order valence-electron chi connectivity index (χ3n) is 3.12. The molecule has 10 nitrogen and oxygen atoms in total. The summed E-state index contributed by atoms with van der Waals surface area (Å²) in [4.78, 5) is 21.2. The second kappa shape index (κ2) is 18.5. The van der Waals surface area contributed by atoms with Crippen LogP contribution in [0.3, 0.4) is 0 Å². The van der Waals surface area contributed by atoms with Gasteiger partial charge < -0.3 is 49.6 Å². The van der Waals surface area contributed by atoms with Crippen LogP contribution in [0.2, 0.25) is 0 Å². The van der Waals surface area contributed by atoms with Gasteiger partial charge in [0, 0.05) is 0 Å². The summed E-state index contributed by atoms with van der Waals surface area (Å²) in [7, 11) is -7.90. The second-order valence-corrected chi connectivity index (χ2v) is 9.10. The van der Waals surface area contributed by atoms with Crippen molar-refractivity contribution in [3.8, 4) is 0 Å². The molecular formula is C14H34N2O8P2-2. The minimum Gasteiger partial charge on any atom is -0.777 e. The van der Waals surface area contributed by atoms with Crippen LogP contribution in [0.1, 0.15) is 51.4 Å². The molecule has 0 spiro atoms. The van der Waals surface area contributed by atoms with Crippen LogP contribution >= 0.6 is 15.2 Å². The van der Waals surface area contributed by atoms with E-state index in [-0.39, 0.29) is 13.2 Å². The minimum atomic E-state index is -3.95. The molecule has 12 heteroatoms. The molecule has 0 bridgehead atoms. The van der Waals surface area contributed by atoms with Crippen molar-refractivity contribution >= 4 is 15.2 Å². The zero-order chi connectivity index (χ0) is 20.3. The van der Waals surface area contributed by atoms with Gasteiger partial charge in [0.25, 0.3) is 0 Å². The average molecular weight is 420 g/mol. The largest absolute Gasteiger partial charge is 0.777 e. The van der Waals surface area contributed by atoms with Gasteiger partial charge >= 0.3 is 0 Å². The maximum Gasteiger partial charge on any atom is 0.160 e. The van der Waals surface area contributed by atoms with Crippen LogP contribution in [0.5, 0.6) is 0 Å². The van der Waals surface area contributed by atoms with Crippen LogP contribution in [-0.2, 0) is 18.2 Å². The molecule has 0 aliphatic rings. The van der Waals surface area contributed by atoms with E-state index >= 15 is 0 Å². The zero-order valence-corrected chi connectivity index (χ0v) is 17.1. The molecule has 0 fully saturated rings. The highest BCUT2D eigenvalue weighted by Crippen LogP contribution is 2.35. The number of aliphatic hydroxyl groups excluding tert-OH is 2. The second-order valence-electron chi connectivity index (χ2n) is 5.58. The molecule has 160 valence electrons. The van der Waals surface area contributed by atoms with E-state index in [1.54, 1.807) is 0 Å². The third-order valence-corrected chi connectivity index (χ3v) is 4.96. The summed E-state index contributed by atoms with van der Waals surface area (Å²) in [5.41, 5.74) is 10.6. The van der Waals surface area contributed by atoms with Crippen molar-refractivity contribution in [1.29, 1.82) is 0 Å². The first-order valence-electron chi connectivity index (χ1n) is 8.75. The predicted molar refractivity (Wildman–Crippen MR) is 96.3 cm³/mol. The molecule has 0 aromatic heterocycles. The quantitative estimate of drug-likeness (QED) is 0.196. The Bertz CT molecular complexity index is 365. The first kappa shape index (κ1) is 28.4. The molecule has 0 aromatic rings. The van der Waals surface area contributed by atoms with Gasteiger partial charge in [-0.05, 0) is 38.8 Å². The summed E-state index contributed by atoms with van der Waals surface area (Å²) < 4.78 is 30.2. The molecule has 0 amide bonds. The van der Waals surface area contributed by atoms with Crippen molar-refractivity contribution in [2.24, 2.45) is 11.5 Å². The van der Waals surface area contributed by atoms with Crippen LogP contribution in [0.15, 0.2) is 0 Å². The molecular weight excluding hydrogens is 386 g/mol. The topological polar surface area (TPSA) is 191 Å². The Morgan fingerprint density at radius 3 is 1.23 bits per heavy atom. The van der Waals surface area contributed by atoms with Gasteiger partial charge in [0.2, 0.25) is 0 Å². The van der Waals surface area contributed by atoms with Crippen molar-refractivity contribution in [2.75, 3.05) is 39.0 Å². The van der Waals surface area contributed by atoms with E-state index in [1.807, 2.05) is 0 Å². The maximum atomic E-state index is 10.6. The van der Waals surface area contributed by atoms with Crippen LogP contribution in [0.25, 0.3) is 0 Å². The van der Waals surface area contributed by atoms with Crippen LogP contribution in [0.4, 0.5) is 0 Å². The number of hydrogen-bond donors (Lipinski definition) is 4. The Morgan fingerprint density at radius 2 is 0.962 bits per heavy atom. The highest BCUT2D eigenvalue weighted by Gasteiger charge is 2.05. The minimum absolute atomic E-state index is 0.159. The van der Waals surface area contributed by atoms with Gasteiger partial charge in [0.1, 0.15) is 12.7 Å². The Morgan fingerprint density at radius 1 is 0.654 bits per heavy atom. The Balaban J connectivity index is 0. The molecule has 0 saturated carbocycles. The van der Waals surface area contributed by atoms with E-state index in [0.29, 0.717) is 25.9 Å². The predicted octanol–water partition coefficient (Wildman–Crippen LogP) is 0.0506. The zero-order valence-electron chi connectivity index (χ0n) is 15.3. The summed E-state index contributed by atoms with van der Waals surface area (Å²) in [6.07, 6.45) is 5.23. The van der Waals surface area contributed by atoms with Crippen molar-refractivity contribution in [2.45, 2.75) is 51.4 Å². The van der Waals surface area contributed by atoms with E-state index in [2.05, 4.69) is 9.05 Å². The first-order chi connectivity index (χ1) is 12.2. The average Bonchev–Trinajstić information content (AvgIpc) is 2.61. The highest BCUT2D eigenvalue weighted by molar-refractivity contribution is 7.51. The normalized spacial score (nSPS) is 15.6. The Kier molecular flexibility index (Phi) is 20.2. The molecule has 2 atom stereocenters. The lowest BCUT2D eigenvalue weighted by atomic mass is 10.2. The van der Waals surface area contributed by atoms with Gasteiger partial charge in [-0.2, -0.15) is 0 Å². The van der Waals surface area contributed by atoms with Crippen molar-refractivity contribution in [3.05, 3.63) is 0 Å². The first-order valence-corrected chi connectivity index (χ1v) is 12.2. The molecule has 0 aliphatic carbocycles. The van der Waals surface area contributed by atoms with Crippen LogP contribution in [0, 0.1) is 0 Å². The molecule has 0 rings (SSSR count). The molecule has 0 heterocycles. The fourth-order valence-electron chi connectivity index (χ4n) is 1.69. The maximum absolute atomic E-state index is 10.6. The fraction of sp³-hybridized carbons (Fsp3) is 1.00. The number of aliphatic hydroxyl groups is 2. The van der Waals surface area contributed by atoms with Gasteiger partial charge in [-0.25, -0.2) is 0 Å². The lowest BCUT2D eigenvalue weighted by Gasteiger charge is -2.20. The molecule has 0 aliphatic heterocycles. The number of rotatable bonds is 16. The SMILES string of the molecule is NCCCCCCOP(=O)([O-])CO.NCCCCCCOP(=O)([O-])CO. The Labute approximate surface area is 155 Å². The summed E-state index contributed by atoms with van der Waals surface area (Å²) in [5, 5.41) is 16.6. The Hall–Kier alpha value is 0.140. The third kappa shape index (κ3) is 22.2. The van der Waals surface area contributed by atoms with E-state index < -0.39 is 27.9 Å². The molecule has 0 aromatic carbocycles. The molecule has 6 N–H and O–H groups in total. The van der Waals surface area contributed by atoms with E-state index in [0.717, 1.165) is 38.5 Å². The van der Waals surface area contributed by atoms with Crippen molar-refractivity contribution in [3.63, 3.8) is 0 Å². The van der Waals surface area contributed by atoms with E-state index in [9.17, 15) is 18.9 Å². The highest BCUT2D eigenvalue weighted by atomic mass is 31.2. The molecule has 0 radical (unpaired) electrons. The smallest absolute Gasteiger partial charge is 0.160 e. The number of unbranched alkanes of at least 4 members (excludes halogenated alkanes) is 6. The van der Waals surface area contributed by atoms with E-state index in [1.165, 1.54) is 0 Å². The number of nitrogens with two attached hydrogens (primary N) is 2. The van der Waals surface area contributed by atoms with Crippen molar-refractivity contribution < 1.29 is 38.2 Å². The summed E-state index contributed by atoms with van der Waals surface area (Å²) >= 11 is 0. The van der Waals surface area contributed by atoms with Gasteiger partial charge in [-0.15, -0.1) is 0 Å². The summed E-state index contributed by atoms with van der Waals surface area (Å²) in [5.74, 6) is 0. The lowest BCUT2D eigenvalue weighted by Crippen LogP contribution is -2.09. The molecule has 0 saturated heterocycles. The number of hydrogen-bond acceptors (Lipinski definition) is 10. The standard InChI is InChI=1S/2C7H18NO4P/c2*8-5-3-1-2-4-6-12-13(10,11)7-9/h2*9H,1-8H2,(H,10,11)/p-2. The molecule has 2 unspecified atom stereocenters. The summed E-state index contributed by atoms with van der Waals surface area (Å²) in [6.45, 7) is 1.65. The lowest BCUT2D eigenvalue weighted by molar-refractivity contribution is -0.203. The van der Waals surface area contributed by atoms with Gasteiger partial charge in [0.15, 0.2) is 15.2 Å². The van der Waals surface area contributed by atoms with Crippen LogP contribution < -0.4 is 21.3 Å². The summed E-state index contributed by atoms with van der Waals surface area (Å²) in [6, 6.07) is 0. The van der Waals surface area contributed by atoms with E-state index in [4.69, 9.17) is 21.7 Å².